The van der Waals surface area contributed by atoms with E-state index in [1.165, 1.54) is 10.9 Å². The number of alkyl halides is 2. The Labute approximate surface area is 199 Å². The van der Waals surface area contributed by atoms with Gasteiger partial charge >= 0.3 is 6.11 Å². The van der Waals surface area contributed by atoms with Crippen LogP contribution >= 0.6 is 0 Å². The minimum atomic E-state index is -4.17. The Morgan fingerprint density at radius 1 is 1.17 bits per heavy atom. The molecule has 3 aromatic heterocycles. The van der Waals surface area contributed by atoms with Gasteiger partial charge in [-0.25, -0.2) is 14.6 Å². The number of aliphatic hydroxyl groups is 1. The Hall–Kier alpha value is -3.22. The third-order valence-electron chi connectivity index (χ3n) is 7.55. The SMILES string of the molecule is C[C@@H]1OCC2(CCN(c3nc4cnn(-c5ccc6cnn(C)c6c5)c4nc3C(O)(F)F)CC2)[C@@H]1N. The summed E-state index contributed by atoms with van der Waals surface area (Å²) in [5.74, 6) is -0.0398. The van der Waals surface area contributed by atoms with Gasteiger partial charge in [0.05, 0.1) is 36.3 Å². The molecule has 5 heterocycles. The van der Waals surface area contributed by atoms with E-state index in [4.69, 9.17) is 10.5 Å². The third-order valence-corrected chi connectivity index (χ3v) is 7.55. The van der Waals surface area contributed by atoms with E-state index >= 15 is 0 Å². The highest BCUT2D eigenvalue weighted by Gasteiger charge is 2.48. The Morgan fingerprint density at radius 3 is 2.63 bits per heavy atom. The highest BCUT2D eigenvalue weighted by Crippen LogP contribution is 2.43. The molecule has 0 bridgehead atoms. The van der Waals surface area contributed by atoms with Crippen LogP contribution in [-0.4, -0.2) is 66.5 Å². The first-order chi connectivity index (χ1) is 16.7. The fourth-order valence-corrected chi connectivity index (χ4v) is 5.35. The van der Waals surface area contributed by atoms with Gasteiger partial charge in [-0.15, -0.1) is 0 Å². The first-order valence-electron chi connectivity index (χ1n) is 11.6. The second-order valence-corrected chi connectivity index (χ2v) is 9.60. The first-order valence-corrected chi connectivity index (χ1v) is 11.6. The molecule has 2 fully saturated rings. The molecule has 184 valence electrons. The van der Waals surface area contributed by atoms with E-state index in [0.29, 0.717) is 43.7 Å². The smallest absolute Gasteiger partial charge is 0.376 e. The topological polar surface area (TPSA) is 120 Å². The lowest BCUT2D eigenvalue weighted by atomic mass is 9.73. The van der Waals surface area contributed by atoms with E-state index in [1.807, 2.05) is 26.1 Å². The number of anilines is 1. The molecular weight excluding hydrogens is 458 g/mol. The van der Waals surface area contributed by atoms with E-state index in [2.05, 4.69) is 20.2 Å². The number of hydrogen-bond donors (Lipinski definition) is 2. The van der Waals surface area contributed by atoms with Crippen LogP contribution in [0.15, 0.2) is 30.6 Å². The number of benzene rings is 1. The zero-order valence-corrected chi connectivity index (χ0v) is 19.4. The second-order valence-electron chi connectivity index (χ2n) is 9.60. The summed E-state index contributed by atoms with van der Waals surface area (Å²) in [7, 11) is 1.82. The van der Waals surface area contributed by atoms with Crippen LogP contribution in [0.25, 0.3) is 27.8 Å². The normalized spacial score (nSPS) is 22.6. The molecule has 35 heavy (non-hydrogen) atoms. The van der Waals surface area contributed by atoms with Crippen LogP contribution < -0.4 is 10.6 Å². The zero-order chi connectivity index (χ0) is 24.5. The highest BCUT2D eigenvalue weighted by molar-refractivity contribution is 5.82. The van der Waals surface area contributed by atoms with Crippen molar-refractivity contribution in [1.82, 2.24) is 29.5 Å². The summed E-state index contributed by atoms with van der Waals surface area (Å²) in [6.07, 6.45) is 0.384. The Bertz CT molecular complexity index is 1420. The minimum absolute atomic E-state index is 0.0357. The molecule has 2 aliphatic rings. The fraction of sp³-hybridized carbons (Fsp3) is 0.478. The molecule has 1 spiro atoms. The summed E-state index contributed by atoms with van der Waals surface area (Å²) in [6.45, 7) is 3.43. The molecule has 0 radical (unpaired) electrons. The van der Waals surface area contributed by atoms with E-state index in [0.717, 1.165) is 10.9 Å². The van der Waals surface area contributed by atoms with Gasteiger partial charge in [0.25, 0.3) is 0 Å². The van der Waals surface area contributed by atoms with Crippen LogP contribution in [0.4, 0.5) is 14.6 Å². The molecule has 4 aromatic rings. The second kappa shape index (κ2) is 7.64. The molecule has 3 N–H and O–H groups in total. The predicted molar refractivity (Wildman–Crippen MR) is 124 cm³/mol. The van der Waals surface area contributed by atoms with Crippen molar-refractivity contribution in [2.45, 2.75) is 38.0 Å². The van der Waals surface area contributed by atoms with Crippen molar-refractivity contribution in [3.8, 4) is 5.69 Å². The van der Waals surface area contributed by atoms with Crippen LogP contribution in [0.3, 0.4) is 0 Å². The molecule has 1 aromatic carbocycles. The number of halogens is 2. The quantitative estimate of drug-likeness (QED) is 0.454. The van der Waals surface area contributed by atoms with Crippen LogP contribution in [0.2, 0.25) is 0 Å². The van der Waals surface area contributed by atoms with Gasteiger partial charge in [-0.3, -0.25) is 4.68 Å². The average molecular weight is 485 g/mol. The Morgan fingerprint density at radius 2 is 1.94 bits per heavy atom. The van der Waals surface area contributed by atoms with E-state index in [9.17, 15) is 13.9 Å². The minimum Gasteiger partial charge on any atom is -0.376 e. The van der Waals surface area contributed by atoms with Gasteiger partial charge < -0.3 is 20.5 Å². The molecule has 6 rings (SSSR count). The van der Waals surface area contributed by atoms with Gasteiger partial charge in [-0.05, 0) is 38.0 Å². The van der Waals surface area contributed by atoms with Crippen LogP contribution in [0.1, 0.15) is 25.5 Å². The number of ether oxygens (including phenoxy) is 1. The summed E-state index contributed by atoms with van der Waals surface area (Å²) in [5, 5.41) is 19.3. The monoisotopic (exact) mass is 484 g/mol. The first kappa shape index (κ1) is 22.3. The number of piperidine rings is 1. The molecule has 2 saturated heterocycles. The lowest BCUT2D eigenvalue weighted by molar-refractivity contribution is -0.211. The van der Waals surface area contributed by atoms with Crippen molar-refractivity contribution in [2.75, 3.05) is 24.6 Å². The van der Waals surface area contributed by atoms with Crippen LogP contribution in [0, 0.1) is 5.41 Å². The van der Waals surface area contributed by atoms with Gasteiger partial charge in [0, 0.05) is 37.0 Å². The maximum Gasteiger partial charge on any atom is 0.401 e. The maximum absolute atomic E-state index is 14.4. The van der Waals surface area contributed by atoms with E-state index < -0.39 is 11.8 Å². The standard InChI is InChI=1S/C23H26F2N8O2/c1-13-18(26)22(12-35-13)5-7-32(8-6-22)21-19(23(24,25)34)30-20-16(29-21)11-28-33(20)15-4-3-14-10-27-31(2)17(14)9-15/h3-4,9-11,13,18,34H,5-8,12,26H2,1-2H3/t13-,18+/m0/s1. The van der Waals surface area contributed by atoms with Crippen LogP contribution in [0.5, 0.6) is 0 Å². The lowest BCUT2D eigenvalue weighted by Crippen LogP contribution is -2.51. The number of hydrogen-bond acceptors (Lipinski definition) is 8. The molecule has 2 aliphatic heterocycles. The molecule has 0 unspecified atom stereocenters. The Kier molecular flexibility index (Phi) is 4.86. The Balaban J connectivity index is 1.39. The van der Waals surface area contributed by atoms with Gasteiger partial charge in [0.1, 0.15) is 5.52 Å². The molecular formula is C23H26F2N8O2. The number of nitrogens with two attached hydrogens (primary N) is 1. The van der Waals surface area contributed by atoms with Crippen molar-refractivity contribution in [1.29, 1.82) is 0 Å². The summed E-state index contributed by atoms with van der Waals surface area (Å²) in [4.78, 5) is 10.4. The average Bonchev–Trinajstić information content (AvgIpc) is 3.50. The van der Waals surface area contributed by atoms with E-state index in [1.54, 1.807) is 21.8 Å². The largest absolute Gasteiger partial charge is 0.401 e. The molecule has 0 aliphatic carbocycles. The fourth-order valence-electron chi connectivity index (χ4n) is 5.35. The van der Waals surface area contributed by atoms with Crippen molar-refractivity contribution in [2.24, 2.45) is 18.2 Å². The predicted octanol–water partition coefficient (Wildman–Crippen LogP) is 2.08. The highest BCUT2D eigenvalue weighted by atomic mass is 19.3. The molecule has 2 atom stereocenters. The number of aromatic nitrogens is 6. The number of nitrogens with zero attached hydrogens (tertiary/aromatic N) is 7. The van der Waals surface area contributed by atoms with Gasteiger partial charge in [-0.2, -0.15) is 19.0 Å². The van der Waals surface area contributed by atoms with Gasteiger partial charge in [0.15, 0.2) is 17.2 Å². The van der Waals surface area contributed by atoms with Crippen molar-refractivity contribution < 1.29 is 18.6 Å². The third kappa shape index (κ3) is 3.46. The summed E-state index contributed by atoms with van der Waals surface area (Å²) in [5.41, 5.74) is 7.39. The maximum atomic E-state index is 14.4. The number of fused-ring (bicyclic) bond motifs is 2. The van der Waals surface area contributed by atoms with Crippen LogP contribution in [-0.2, 0) is 17.9 Å². The summed E-state index contributed by atoms with van der Waals surface area (Å²) in [6, 6.07) is 5.42. The zero-order valence-electron chi connectivity index (χ0n) is 19.4. The van der Waals surface area contributed by atoms with Gasteiger partial charge in [0.2, 0.25) is 0 Å². The number of rotatable bonds is 3. The van der Waals surface area contributed by atoms with Gasteiger partial charge in [-0.1, -0.05) is 0 Å². The molecule has 10 nitrogen and oxygen atoms in total. The lowest BCUT2D eigenvalue weighted by Gasteiger charge is -2.42. The molecule has 0 amide bonds. The van der Waals surface area contributed by atoms with Crippen molar-refractivity contribution in [3.63, 3.8) is 0 Å². The summed E-state index contributed by atoms with van der Waals surface area (Å²) >= 11 is 0. The van der Waals surface area contributed by atoms with Crippen molar-refractivity contribution in [3.05, 3.63) is 36.3 Å². The number of aryl methyl sites for hydroxylation is 1. The molecule has 0 saturated carbocycles. The summed E-state index contributed by atoms with van der Waals surface area (Å²) < 4.78 is 37.7. The molecule has 12 heteroatoms. The van der Waals surface area contributed by atoms with Crippen molar-refractivity contribution >= 4 is 27.9 Å². The van der Waals surface area contributed by atoms with E-state index in [-0.39, 0.29) is 29.0 Å².